The van der Waals surface area contributed by atoms with Crippen LogP contribution in [0.15, 0.2) is 71.8 Å². The molecule has 0 heterocycles. The van der Waals surface area contributed by atoms with Crippen molar-refractivity contribution in [3.63, 3.8) is 0 Å². The van der Waals surface area contributed by atoms with Crippen LogP contribution in [0.4, 0.5) is 0 Å². The van der Waals surface area contributed by atoms with E-state index in [2.05, 4.69) is 87.6 Å². The van der Waals surface area contributed by atoms with Crippen molar-refractivity contribution in [3.8, 4) is 11.8 Å². The standard InChI is InChI=1S/C36H38NO.CH4.Nd/c1-5-10-31-22-30(14-13-27-20-28-11-8-9-12-32(28)29(21-27)15-18-37)33(23-34(31)38)35(7-3)16-17-36(35)24-26(6-2)19-25(36)4;;/h5,8-14,21-25,38H,6-7,16-17,19-20H2,1-4H3;1H4;/q-1;;/b10-5+,14-13+;;. The fraction of sp³-hybridized carbons (Fsp3) is 0.378. The number of hydrogen-bond acceptors (Lipinski definition) is 2. The molecule has 206 valence electrons. The Balaban J connectivity index is 0.00000220. The van der Waals surface area contributed by atoms with Crippen molar-refractivity contribution in [1.82, 2.24) is 0 Å². The summed E-state index contributed by atoms with van der Waals surface area (Å²) < 4.78 is 0. The minimum absolute atomic E-state index is 0. The minimum atomic E-state index is 0. The monoisotopic (exact) mass is 658 g/mol. The number of nitrogens with zero attached hydrogens (tertiary/aromatic N) is 1. The molecule has 1 N–H and O–H groups in total. The molecule has 3 unspecified atom stereocenters. The Bertz CT molecular complexity index is 1440. The fourth-order valence-corrected chi connectivity index (χ4v) is 7.54. The Morgan fingerprint density at radius 3 is 2.50 bits per heavy atom. The van der Waals surface area contributed by atoms with Gasteiger partial charge in [0, 0.05) is 63.3 Å². The van der Waals surface area contributed by atoms with Gasteiger partial charge in [0.05, 0.1) is 0 Å². The zero-order chi connectivity index (χ0) is 26.9. The van der Waals surface area contributed by atoms with Gasteiger partial charge in [0.2, 0.25) is 0 Å². The van der Waals surface area contributed by atoms with Crippen LogP contribution in [0.25, 0.3) is 17.7 Å². The van der Waals surface area contributed by atoms with E-state index in [0.717, 1.165) is 48.0 Å². The third-order valence-corrected chi connectivity index (χ3v) is 9.58. The molecule has 3 atom stereocenters. The van der Waals surface area contributed by atoms with E-state index in [0.29, 0.717) is 11.7 Å². The van der Waals surface area contributed by atoms with Crippen LogP contribution in [0, 0.1) is 69.6 Å². The summed E-state index contributed by atoms with van der Waals surface area (Å²) in [5.74, 6) is 0.960. The average molecular weight is 661 g/mol. The Hall–Kier alpha value is -2.22. The second-order valence-electron chi connectivity index (χ2n) is 11.3. The molecule has 0 aliphatic heterocycles. The van der Waals surface area contributed by atoms with Gasteiger partial charge < -0.3 is 5.11 Å². The number of allylic oxidation sites excluding steroid dienone is 8. The van der Waals surface area contributed by atoms with Crippen LogP contribution in [-0.4, -0.2) is 5.11 Å². The first-order chi connectivity index (χ1) is 18.4. The molecule has 0 saturated heterocycles. The van der Waals surface area contributed by atoms with Gasteiger partial charge in [0.1, 0.15) is 5.75 Å². The fourth-order valence-electron chi connectivity index (χ4n) is 7.54. The van der Waals surface area contributed by atoms with Crippen LogP contribution in [-0.2, 0) is 11.8 Å². The number of phenols is 1. The van der Waals surface area contributed by atoms with Crippen LogP contribution in [0.5, 0.6) is 5.75 Å². The summed E-state index contributed by atoms with van der Waals surface area (Å²) in [6.07, 6.45) is 22.5. The van der Waals surface area contributed by atoms with Crippen molar-refractivity contribution in [2.45, 2.75) is 79.1 Å². The Morgan fingerprint density at radius 2 is 1.88 bits per heavy atom. The van der Waals surface area contributed by atoms with Crippen LogP contribution in [0.1, 0.15) is 95.0 Å². The number of hydrogen-bond donors (Lipinski definition) is 1. The van der Waals surface area contributed by atoms with Gasteiger partial charge in [-0.1, -0.05) is 99.6 Å². The number of rotatable bonds is 6. The molecule has 40 heavy (non-hydrogen) atoms. The predicted molar refractivity (Wildman–Crippen MR) is 165 cm³/mol. The topological polar surface area (TPSA) is 44.0 Å². The summed E-state index contributed by atoms with van der Waals surface area (Å²) in [7, 11) is 0. The molecule has 0 radical (unpaired) electrons. The van der Waals surface area contributed by atoms with Crippen molar-refractivity contribution in [2.24, 2.45) is 11.3 Å². The molecule has 1 saturated carbocycles. The van der Waals surface area contributed by atoms with Crippen LogP contribution in [0.3, 0.4) is 0 Å². The van der Waals surface area contributed by atoms with Crippen molar-refractivity contribution in [3.05, 3.63) is 106 Å². The van der Waals surface area contributed by atoms with E-state index in [-0.39, 0.29) is 59.1 Å². The second-order valence-corrected chi connectivity index (χ2v) is 11.3. The molecule has 3 heteroatoms. The van der Waals surface area contributed by atoms with Gasteiger partial charge in [-0.3, -0.25) is 0 Å². The summed E-state index contributed by atoms with van der Waals surface area (Å²) in [5, 5.41) is 20.4. The van der Waals surface area contributed by atoms with Crippen molar-refractivity contribution in [1.29, 1.82) is 5.26 Å². The van der Waals surface area contributed by atoms with Gasteiger partial charge in [-0.05, 0) is 74.6 Å². The van der Waals surface area contributed by atoms with E-state index < -0.39 is 0 Å². The average Bonchev–Trinajstić information content (AvgIpc) is 3.28. The molecule has 5 rings (SSSR count). The number of phenolic OH excluding ortho intramolecular Hbond substituents is 1. The quantitative estimate of drug-likeness (QED) is 0.191. The number of nitriles is 1. The van der Waals surface area contributed by atoms with Crippen molar-refractivity contribution >= 4 is 17.7 Å². The molecular formula is C37H42NNdO-. The maximum atomic E-state index is 11.1. The third kappa shape index (κ3) is 5.37. The summed E-state index contributed by atoms with van der Waals surface area (Å²) in [4.78, 5) is 0. The van der Waals surface area contributed by atoms with Gasteiger partial charge in [-0.2, -0.15) is 11.6 Å². The molecule has 0 aromatic heterocycles. The first-order valence-corrected chi connectivity index (χ1v) is 14.1. The molecule has 0 amide bonds. The SMILES string of the molecule is C.C/C=C/c1cc(/C=C/C2=CC(=[C-]C#N)c3ccccc3C2)c(C2(CC)CCC23C=C(CC)CC3C)cc1O.[Nd]. The predicted octanol–water partition coefficient (Wildman–Crippen LogP) is 9.77. The van der Waals surface area contributed by atoms with Gasteiger partial charge in [0.15, 0.2) is 0 Å². The van der Waals surface area contributed by atoms with Crippen molar-refractivity contribution in [2.75, 3.05) is 0 Å². The van der Waals surface area contributed by atoms with E-state index in [9.17, 15) is 10.4 Å². The summed E-state index contributed by atoms with van der Waals surface area (Å²) in [6.45, 7) is 9.01. The first kappa shape index (κ1) is 32.3. The van der Waals surface area contributed by atoms with Gasteiger partial charge in [0.25, 0.3) is 0 Å². The second kappa shape index (κ2) is 13.2. The molecule has 0 bridgehead atoms. The van der Waals surface area contributed by atoms with Gasteiger partial charge >= 0.3 is 0 Å². The number of aromatic hydroxyl groups is 1. The summed E-state index contributed by atoms with van der Waals surface area (Å²) in [6, 6.07) is 14.6. The van der Waals surface area contributed by atoms with E-state index in [1.807, 2.05) is 25.1 Å². The molecule has 2 aromatic rings. The largest absolute Gasteiger partial charge is 0.507 e. The Morgan fingerprint density at radius 1 is 1.10 bits per heavy atom. The zero-order valence-electron chi connectivity index (χ0n) is 23.6. The molecule has 3 aliphatic carbocycles. The van der Waals surface area contributed by atoms with Gasteiger partial charge in [-0.15, -0.1) is 11.6 Å². The Kier molecular flexibility index (Phi) is 10.6. The molecule has 3 aliphatic rings. The van der Waals surface area contributed by atoms with E-state index in [1.54, 1.807) is 5.57 Å². The molecular weight excluding hydrogens is 619 g/mol. The number of fused-ring (bicyclic) bond motifs is 1. The molecule has 1 spiro atoms. The zero-order valence-corrected chi connectivity index (χ0v) is 26.9. The normalized spacial score (nSPS) is 26.1. The smallest absolute Gasteiger partial charge is 0.123 e. The maximum absolute atomic E-state index is 11.1. The van der Waals surface area contributed by atoms with Gasteiger partial charge in [-0.25, -0.2) is 5.26 Å². The summed E-state index contributed by atoms with van der Waals surface area (Å²) in [5.41, 5.74) is 9.35. The third-order valence-electron chi connectivity index (χ3n) is 9.58. The van der Waals surface area contributed by atoms with Crippen LogP contribution < -0.4 is 0 Å². The van der Waals surface area contributed by atoms with Crippen LogP contribution in [0.2, 0.25) is 0 Å². The molecule has 2 nitrogen and oxygen atoms in total. The van der Waals surface area contributed by atoms with E-state index >= 15 is 0 Å². The minimum Gasteiger partial charge on any atom is -0.507 e. The maximum Gasteiger partial charge on any atom is 0.123 e. The van der Waals surface area contributed by atoms with E-state index in [1.165, 1.54) is 29.5 Å². The van der Waals surface area contributed by atoms with E-state index in [4.69, 9.17) is 0 Å². The molecule has 1 fully saturated rings. The van der Waals surface area contributed by atoms with Crippen molar-refractivity contribution < 1.29 is 45.9 Å². The Labute approximate surface area is 274 Å². The first-order valence-electron chi connectivity index (χ1n) is 14.1. The number of benzene rings is 2. The molecule has 2 aromatic carbocycles. The summed E-state index contributed by atoms with van der Waals surface area (Å²) >= 11 is 0. The van der Waals surface area contributed by atoms with Crippen LogP contribution >= 0.6 is 0 Å².